The first-order chi connectivity index (χ1) is 15.7. The van der Waals surface area contributed by atoms with Crippen LogP contribution in [-0.2, 0) is 9.53 Å². The third-order valence-corrected chi connectivity index (χ3v) is 10.5. The average molecular weight is 464 g/mol. The van der Waals surface area contributed by atoms with Crippen LogP contribution in [0.15, 0.2) is 71.9 Å². The number of carbonyl (C=O) groups is 1. The molecule has 0 aliphatic carbocycles. The number of aryl methyl sites for hydroxylation is 1. The second kappa shape index (κ2) is 10.00. The standard InChI is InChI=1S/C26H30N2O4Si/c1-19-25(30)22(16-27-18-24(29)31-5)23(17-28-19)32-33(26(2,3)4,20-12-8-6-9-13-20)21-14-10-7-11-15-21/h6-17,30H,18H2,1-5H3/i27+1. The van der Waals surface area contributed by atoms with E-state index in [4.69, 9.17) is 4.43 Å². The van der Waals surface area contributed by atoms with Crippen LogP contribution >= 0.6 is 0 Å². The minimum Gasteiger partial charge on any atom is -0.532 e. The van der Waals surface area contributed by atoms with Gasteiger partial charge in [-0.2, -0.15) is 0 Å². The number of benzene rings is 2. The molecule has 0 radical (unpaired) electrons. The second-order valence-corrected chi connectivity index (χ2v) is 13.0. The Kier molecular flexibility index (Phi) is 7.33. The third-order valence-electron chi connectivity index (χ3n) is 5.59. The van der Waals surface area contributed by atoms with E-state index in [1.807, 2.05) is 36.4 Å². The Bertz CT molecular complexity index is 1090. The molecule has 0 amide bonds. The number of methoxy groups -OCH3 is 1. The fraction of sp³-hybridized carbons (Fsp3) is 0.269. The first-order valence-electron chi connectivity index (χ1n) is 10.8. The minimum atomic E-state index is -2.93. The van der Waals surface area contributed by atoms with Crippen LogP contribution in [0, 0.1) is 6.92 Å². The maximum Gasteiger partial charge on any atom is 0.327 e. The van der Waals surface area contributed by atoms with Gasteiger partial charge in [0.15, 0.2) is 0 Å². The van der Waals surface area contributed by atoms with E-state index in [1.165, 1.54) is 13.3 Å². The summed E-state index contributed by atoms with van der Waals surface area (Å²) in [5.74, 6) is -0.0777. The van der Waals surface area contributed by atoms with Gasteiger partial charge in [-0.15, -0.1) is 0 Å². The molecule has 0 fully saturated rings. The first-order valence-corrected chi connectivity index (χ1v) is 12.7. The van der Waals surface area contributed by atoms with E-state index in [9.17, 15) is 9.90 Å². The number of aromatic hydroxyl groups is 1. The summed E-state index contributed by atoms with van der Waals surface area (Å²) < 4.78 is 11.7. The molecular formula is C26H30N2O4Si. The summed E-state index contributed by atoms with van der Waals surface area (Å²) >= 11 is 0. The van der Waals surface area contributed by atoms with E-state index < -0.39 is 14.3 Å². The van der Waals surface area contributed by atoms with Gasteiger partial charge in [-0.1, -0.05) is 81.4 Å². The molecule has 1 aromatic heterocycles. The van der Waals surface area contributed by atoms with Crippen molar-refractivity contribution in [3.05, 3.63) is 78.1 Å². The van der Waals surface area contributed by atoms with Crippen molar-refractivity contribution in [1.29, 1.82) is 0 Å². The van der Waals surface area contributed by atoms with Crippen molar-refractivity contribution in [1.82, 2.24) is 4.98 Å². The summed E-state index contributed by atoms with van der Waals surface area (Å²) in [5.41, 5.74) is 0.837. The highest BCUT2D eigenvalue weighted by atomic mass is 28.4. The van der Waals surface area contributed by atoms with Gasteiger partial charge < -0.3 is 14.3 Å². The highest BCUT2D eigenvalue weighted by Crippen LogP contribution is 2.39. The second-order valence-electron chi connectivity index (χ2n) is 8.78. The highest BCUT2D eigenvalue weighted by Gasteiger charge is 2.52. The maximum atomic E-state index is 11.5. The maximum absolute atomic E-state index is 11.5. The molecule has 1 N–H and O–H groups in total. The van der Waals surface area contributed by atoms with Crippen molar-refractivity contribution in [2.75, 3.05) is 13.7 Å². The normalized spacial score (nSPS) is 12.0. The van der Waals surface area contributed by atoms with Crippen molar-refractivity contribution < 1.29 is 19.1 Å². The molecule has 172 valence electrons. The molecule has 0 bridgehead atoms. The first kappa shape index (κ1) is 24.2. The lowest BCUT2D eigenvalue weighted by Gasteiger charge is -2.43. The predicted octanol–water partition coefficient (Wildman–Crippen LogP) is 3.63. The molecule has 0 aliphatic rings. The predicted molar refractivity (Wildman–Crippen MR) is 133 cm³/mol. The number of hydrogen-bond acceptors (Lipinski definition) is 6. The highest BCUT2D eigenvalue weighted by molar-refractivity contribution is 7.00. The van der Waals surface area contributed by atoms with Crippen LogP contribution < -0.4 is 14.8 Å². The molecule has 3 aromatic rings. The monoisotopic (exact) mass is 463 g/mol. The van der Waals surface area contributed by atoms with Gasteiger partial charge in [0, 0.05) is 6.21 Å². The number of pyridine rings is 1. The number of nitrogens with zero attached hydrogens (tertiary/aromatic N) is 2. The molecule has 0 atom stereocenters. The van der Waals surface area contributed by atoms with Crippen LogP contribution in [-0.4, -0.2) is 44.2 Å². The summed E-state index contributed by atoms with van der Waals surface area (Å²) in [4.78, 5) is 20.0. The number of aliphatic imine (C=N–C) groups is 1. The lowest BCUT2D eigenvalue weighted by Crippen LogP contribution is -2.68. The topological polar surface area (TPSA) is 81.0 Å². The smallest absolute Gasteiger partial charge is 0.327 e. The minimum absolute atomic E-state index is 0.0287. The van der Waals surface area contributed by atoms with Crippen LogP contribution in [0.5, 0.6) is 11.5 Å². The van der Waals surface area contributed by atoms with Gasteiger partial charge in [0.25, 0.3) is 0 Å². The van der Waals surface area contributed by atoms with Crippen LogP contribution in [0.2, 0.25) is 5.04 Å². The van der Waals surface area contributed by atoms with E-state index >= 15 is 0 Å². The summed E-state index contributed by atoms with van der Waals surface area (Å²) in [6.45, 7) is 8.07. The van der Waals surface area contributed by atoms with E-state index in [0.717, 1.165) is 10.4 Å². The van der Waals surface area contributed by atoms with Crippen molar-refractivity contribution >= 4 is 30.9 Å². The number of hydrogen-bond donors (Lipinski definition) is 1. The fourth-order valence-corrected chi connectivity index (χ4v) is 8.32. The summed E-state index contributed by atoms with van der Waals surface area (Å²) in [6, 6.07) is 20.4. The van der Waals surface area contributed by atoms with E-state index in [1.54, 1.807) is 13.1 Å². The van der Waals surface area contributed by atoms with Gasteiger partial charge >= 0.3 is 14.3 Å². The van der Waals surface area contributed by atoms with Crippen molar-refractivity contribution in [3.63, 3.8) is 0 Å². The molecule has 0 spiro atoms. The Morgan fingerprint density at radius 2 is 1.61 bits per heavy atom. The van der Waals surface area contributed by atoms with Crippen LogP contribution in [0.3, 0.4) is 0 Å². The Labute approximate surface area is 196 Å². The van der Waals surface area contributed by atoms with Crippen molar-refractivity contribution in [2.24, 2.45) is 4.99 Å². The lowest BCUT2D eigenvalue weighted by atomic mass is 10.2. The SMILES string of the molecule is COC(=O)C[15N]=Cc1c(O[Si](c2ccccc2)(c2ccccc2)C(C)(C)C)cnc(C)c1O. The van der Waals surface area contributed by atoms with E-state index in [2.05, 4.69) is 59.7 Å². The molecule has 1 heterocycles. The summed E-state index contributed by atoms with van der Waals surface area (Å²) in [5, 5.41) is 12.7. The van der Waals surface area contributed by atoms with Gasteiger partial charge in [-0.3, -0.25) is 14.8 Å². The number of rotatable bonds is 7. The van der Waals surface area contributed by atoms with Crippen LogP contribution in [0.25, 0.3) is 0 Å². The number of carbonyl (C=O) groups excluding carboxylic acids is 1. The number of ether oxygens (including phenoxy) is 1. The van der Waals surface area contributed by atoms with Crippen molar-refractivity contribution in [2.45, 2.75) is 32.7 Å². The summed E-state index contributed by atoms with van der Waals surface area (Å²) in [6.07, 6.45) is 3.07. The zero-order valence-electron chi connectivity index (χ0n) is 19.7. The van der Waals surface area contributed by atoms with Crippen molar-refractivity contribution in [3.8, 4) is 11.5 Å². The molecule has 0 unspecified atom stereocenters. The van der Waals surface area contributed by atoms with Crippen LogP contribution in [0.1, 0.15) is 32.0 Å². The Hall–Kier alpha value is -3.45. The quantitative estimate of drug-likeness (QED) is 0.250. The molecule has 0 saturated carbocycles. The number of aromatic nitrogens is 1. The van der Waals surface area contributed by atoms with Gasteiger partial charge in [-0.05, 0) is 22.3 Å². The molecule has 33 heavy (non-hydrogen) atoms. The molecular weight excluding hydrogens is 433 g/mol. The van der Waals surface area contributed by atoms with Gasteiger partial charge in [0.05, 0.1) is 24.6 Å². The summed E-state index contributed by atoms with van der Waals surface area (Å²) in [7, 11) is -1.63. The molecule has 7 heteroatoms. The molecule has 0 aliphatic heterocycles. The Morgan fingerprint density at radius 1 is 1.06 bits per heavy atom. The Balaban J connectivity index is 2.23. The van der Waals surface area contributed by atoms with Gasteiger partial charge in [0.1, 0.15) is 18.0 Å². The molecule has 0 saturated heterocycles. The molecule has 6 nitrogen and oxygen atoms in total. The number of esters is 1. The zero-order valence-corrected chi connectivity index (χ0v) is 20.7. The van der Waals surface area contributed by atoms with Gasteiger partial charge in [-0.25, -0.2) is 0 Å². The van der Waals surface area contributed by atoms with Crippen LogP contribution in [0.4, 0.5) is 0 Å². The largest absolute Gasteiger partial charge is 0.532 e. The average Bonchev–Trinajstić information content (AvgIpc) is 2.81. The van der Waals surface area contributed by atoms with E-state index in [-0.39, 0.29) is 17.3 Å². The fourth-order valence-electron chi connectivity index (χ4n) is 3.89. The lowest BCUT2D eigenvalue weighted by molar-refractivity contribution is -0.138. The van der Waals surface area contributed by atoms with Gasteiger partial charge in [0.2, 0.25) is 0 Å². The zero-order chi connectivity index (χ0) is 24.1. The third kappa shape index (κ3) is 4.98. The molecule has 3 rings (SSSR count). The van der Waals surface area contributed by atoms with E-state index in [0.29, 0.717) is 17.0 Å². The molecule has 2 aromatic carbocycles. The Morgan fingerprint density at radius 3 is 2.09 bits per heavy atom.